The largest absolute Gasteiger partial charge is 0.508 e. The molecule has 3 aromatic rings. The molecule has 1 aromatic heterocycles. The van der Waals surface area contributed by atoms with E-state index in [1.54, 1.807) is 25.3 Å². The molecule has 5 atom stereocenters. The summed E-state index contributed by atoms with van der Waals surface area (Å²) < 4.78 is 0. The van der Waals surface area contributed by atoms with Gasteiger partial charge in [-0.2, -0.15) is 0 Å². The fourth-order valence-corrected chi connectivity index (χ4v) is 5.88. The number of aromatic nitrogens is 1. The first kappa shape index (κ1) is 35.0. The fraction of sp³-hybridized carbons (Fsp3) is 0.441. The number of phenolic OH excluding ortho intramolecular Hbond substituents is 1. The van der Waals surface area contributed by atoms with Gasteiger partial charge in [0.25, 0.3) is 0 Å². The van der Waals surface area contributed by atoms with Crippen LogP contribution in [-0.2, 0) is 36.8 Å². The van der Waals surface area contributed by atoms with Crippen molar-refractivity contribution in [3.8, 4) is 5.75 Å². The minimum absolute atomic E-state index is 0.0276. The highest BCUT2D eigenvalue weighted by Crippen LogP contribution is 2.22. The van der Waals surface area contributed by atoms with Gasteiger partial charge in [-0.05, 0) is 61.4 Å². The van der Waals surface area contributed by atoms with Crippen molar-refractivity contribution in [2.24, 2.45) is 11.7 Å². The van der Waals surface area contributed by atoms with Gasteiger partial charge in [-0.1, -0.05) is 44.2 Å². The van der Waals surface area contributed by atoms with Crippen LogP contribution in [0, 0.1) is 5.92 Å². The van der Waals surface area contributed by atoms with Gasteiger partial charge in [-0.15, -0.1) is 0 Å². The number of nitrogens with one attached hydrogen (secondary N) is 4. The van der Waals surface area contributed by atoms with Crippen molar-refractivity contribution in [3.63, 3.8) is 0 Å². The van der Waals surface area contributed by atoms with Crippen LogP contribution >= 0.6 is 0 Å². The number of H-pyrrole nitrogens is 1. The molecule has 1 saturated heterocycles. The SMILES string of the molecule is CC(C)C[C@H](NC(=O)[C@H](Cc1c[nH]c2ccccc12)NC(=O)[C@@H]1CCCN1C(=O)[C@H](C)N)C(=O)N[C@@H](Cc1ccc(O)cc1)C(=O)O. The average Bonchev–Trinajstić information content (AvgIpc) is 3.68. The number of aromatic hydroxyl groups is 1. The Morgan fingerprint density at radius 1 is 0.915 bits per heavy atom. The van der Waals surface area contributed by atoms with Crippen molar-refractivity contribution in [1.29, 1.82) is 0 Å². The second-order valence-corrected chi connectivity index (χ2v) is 12.6. The number of hydrogen-bond donors (Lipinski definition) is 7. The number of amides is 4. The second-order valence-electron chi connectivity index (χ2n) is 12.6. The zero-order valence-electron chi connectivity index (χ0n) is 26.9. The van der Waals surface area contributed by atoms with Crippen LogP contribution < -0.4 is 21.7 Å². The van der Waals surface area contributed by atoms with Gasteiger partial charge in [0.1, 0.15) is 29.9 Å². The van der Waals surface area contributed by atoms with E-state index in [0.29, 0.717) is 24.9 Å². The molecule has 8 N–H and O–H groups in total. The Labute approximate surface area is 273 Å². The van der Waals surface area contributed by atoms with Gasteiger partial charge in [-0.25, -0.2) is 4.79 Å². The van der Waals surface area contributed by atoms with Gasteiger partial charge < -0.3 is 41.8 Å². The standard InChI is InChI=1S/C34H44N6O7/c1-19(2)15-26(30(42)39-28(34(46)47)16-21-10-12-23(41)13-11-21)37-31(43)27(17-22-18-36-25-8-5-4-7-24(22)25)38-32(44)29-9-6-14-40(29)33(45)20(3)35/h4-5,7-8,10-13,18-20,26-29,36,41H,6,9,14-17,35H2,1-3H3,(H,37,43)(H,38,44)(H,39,42)(H,46,47)/t20-,26-,27-,28-,29-/m0/s1. The molecule has 0 spiro atoms. The monoisotopic (exact) mass is 648 g/mol. The van der Waals surface area contributed by atoms with E-state index in [2.05, 4.69) is 20.9 Å². The molecule has 4 amide bonds. The quantitative estimate of drug-likeness (QED) is 0.136. The van der Waals surface area contributed by atoms with E-state index in [0.717, 1.165) is 16.5 Å². The molecule has 2 heterocycles. The average molecular weight is 649 g/mol. The van der Waals surface area contributed by atoms with Gasteiger partial charge in [0.2, 0.25) is 23.6 Å². The molecule has 0 saturated carbocycles. The number of benzene rings is 2. The van der Waals surface area contributed by atoms with Crippen molar-refractivity contribution in [2.75, 3.05) is 6.54 Å². The normalized spacial score (nSPS) is 17.1. The lowest BCUT2D eigenvalue weighted by Gasteiger charge is -2.29. The third-order valence-corrected chi connectivity index (χ3v) is 8.29. The predicted octanol–water partition coefficient (Wildman–Crippen LogP) is 1.58. The van der Waals surface area contributed by atoms with Crippen molar-refractivity contribution in [2.45, 2.75) is 83.1 Å². The van der Waals surface area contributed by atoms with E-state index in [-0.39, 0.29) is 36.8 Å². The van der Waals surface area contributed by atoms with E-state index >= 15 is 0 Å². The van der Waals surface area contributed by atoms with E-state index in [1.807, 2.05) is 38.1 Å². The van der Waals surface area contributed by atoms with Crippen molar-refractivity contribution < 1.29 is 34.2 Å². The highest BCUT2D eigenvalue weighted by Gasteiger charge is 2.37. The van der Waals surface area contributed by atoms with Gasteiger partial charge in [0.15, 0.2) is 0 Å². The lowest BCUT2D eigenvalue weighted by atomic mass is 9.99. The summed E-state index contributed by atoms with van der Waals surface area (Å²) in [7, 11) is 0. The van der Waals surface area contributed by atoms with Gasteiger partial charge >= 0.3 is 5.97 Å². The molecule has 47 heavy (non-hydrogen) atoms. The number of carbonyl (C=O) groups excluding carboxylic acids is 4. The number of phenols is 1. The Morgan fingerprint density at radius 3 is 2.23 bits per heavy atom. The lowest BCUT2D eigenvalue weighted by Crippen LogP contribution is -2.58. The summed E-state index contributed by atoms with van der Waals surface area (Å²) in [5, 5.41) is 28.4. The number of nitrogens with two attached hydrogens (primary N) is 1. The van der Waals surface area contributed by atoms with Crippen LogP contribution in [0.3, 0.4) is 0 Å². The van der Waals surface area contributed by atoms with Gasteiger partial charge in [0, 0.05) is 36.5 Å². The summed E-state index contributed by atoms with van der Waals surface area (Å²) in [6.45, 7) is 5.67. The highest BCUT2D eigenvalue weighted by molar-refractivity contribution is 5.96. The minimum Gasteiger partial charge on any atom is -0.508 e. The number of fused-ring (bicyclic) bond motifs is 1. The van der Waals surface area contributed by atoms with Crippen LogP contribution in [-0.4, -0.2) is 86.4 Å². The Kier molecular flexibility index (Phi) is 11.6. The molecule has 1 aliphatic heterocycles. The molecule has 0 bridgehead atoms. The number of carboxylic acids is 1. The van der Waals surface area contributed by atoms with Gasteiger partial charge in [-0.3, -0.25) is 19.2 Å². The topological polar surface area (TPSA) is 207 Å². The number of carboxylic acid groups (broad SMARTS) is 1. The number of likely N-dealkylation sites (tertiary alicyclic amines) is 1. The summed E-state index contributed by atoms with van der Waals surface area (Å²) in [5.41, 5.74) is 8.02. The summed E-state index contributed by atoms with van der Waals surface area (Å²) >= 11 is 0. The van der Waals surface area contributed by atoms with Crippen LogP contribution in [0.15, 0.2) is 54.7 Å². The maximum atomic E-state index is 14.0. The highest BCUT2D eigenvalue weighted by atomic mass is 16.4. The maximum Gasteiger partial charge on any atom is 0.326 e. The smallest absolute Gasteiger partial charge is 0.326 e. The molecule has 0 unspecified atom stereocenters. The van der Waals surface area contributed by atoms with Crippen LogP contribution in [0.2, 0.25) is 0 Å². The third-order valence-electron chi connectivity index (χ3n) is 8.29. The molecule has 1 aliphatic rings. The number of rotatable bonds is 14. The minimum atomic E-state index is -1.30. The second kappa shape index (κ2) is 15.6. The van der Waals surface area contributed by atoms with Crippen LogP contribution in [0.25, 0.3) is 10.9 Å². The van der Waals surface area contributed by atoms with Crippen molar-refractivity contribution >= 4 is 40.5 Å². The predicted molar refractivity (Wildman–Crippen MR) is 175 cm³/mol. The Bertz CT molecular complexity index is 1590. The Morgan fingerprint density at radius 2 is 1.57 bits per heavy atom. The molecule has 0 radical (unpaired) electrons. The lowest BCUT2D eigenvalue weighted by molar-refractivity contribution is -0.142. The molecular weight excluding hydrogens is 604 g/mol. The van der Waals surface area contributed by atoms with Crippen LogP contribution in [0.5, 0.6) is 5.75 Å². The molecule has 0 aliphatic carbocycles. The van der Waals surface area contributed by atoms with Crippen molar-refractivity contribution in [1.82, 2.24) is 25.8 Å². The number of hydrogen-bond acceptors (Lipinski definition) is 7. The molecule has 1 fully saturated rings. The summed E-state index contributed by atoms with van der Waals surface area (Å²) in [4.78, 5) is 70.5. The number of nitrogens with zero attached hydrogens (tertiary/aromatic N) is 1. The maximum absolute atomic E-state index is 14.0. The molecule has 13 heteroatoms. The first-order valence-electron chi connectivity index (χ1n) is 15.9. The Hall–Kier alpha value is -4.91. The molecule has 13 nitrogen and oxygen atoms in total. The number of para-hydroxylation sites is 1. The van der Waals surface area contributed by atoms with Crippen LogP contribution in [0.4, 0.5) is 0 Å². The van der Waals surface area contributed by atoms with Crippen molar-refractivity contribution in [3.05, 3.63) is 65.9 Å². The first-order chi connectivity index (χ1) is 22.3. The number of carbonyl (C=O) groups is 5. The zero-order valence-corrected chi connectivity index (χ0v) is 26.9. The summed E-state index contributed by atoms with van der Waals surface area (Å²) in [5.74, 6) is -3.44. The van der Waals surface area contributed by atoms with E-state index < -0.39 is 53.9 Å². The van der Waals surface area contributed by atoms with E-state index in [9.17, 15) is 34.2 Å². The van der Waals surface area contributed by atoms with Crippen LogP contribution in [0.1, 0.15) is 51.2 Å². The zero-order chi connectivity index (χ0) is 34.2. The van der Waals surface area contributed by atoms with Gasteiger partial charge in [0.05, 0.1) is 6.04 Å². The fourth-order valence-electron chi connectivity index (χ4n) is 5.88. The number of aliphatic carboxylic acids is 1. The molecular formula is C34H44N6O7. The summed E-state index contributed by atoms with van der Waals surface area (Å²) in [6, 6.07) is 8.42. The molecule has 4 rings (SSSR count). The first-order valence-corrected chi connectivity index (χ1v) is 15.9. The third kappa shape index (κ3) is 9.09. The summed E-state index contributed by atoms with van der Waals surface area (Å²) in [6.07, 6.45) is 3.04. The van der Waals surface area contributed by atoms with E-state index in [1.165, 1.54) is 17.0 Å². The number of aromatic amines is 1. The Balaban J connectivity index is 1.56. The molecule has 252 valence electrons. The molecule has 2 aromatic carbocycles. The van der Waals surface area contributed by atoms with E-state index in [4.69, 9.17) is 5.73 Å².